The Labute approximate surface area is 144 Å². The van der Waals surface area contributed by atoms with Crippen molar-refractivity contribution in [1.82, 2.24) is 3.97 Å². The molecule has 2 heterocycles. The van der Waals surface area contributed by atoms with Gasteiger partial charge < -0.3 is 0 Å². The predicted octanol–water partition coefficient (Wildman–Crippen LogP) is 5.80. The number of para-hydroxylation sites is 1. The van der Waals surface area contributed by atoms with Gasteiger partial charge in [-0.2, -0.15) is 0 Å². The second-order valence-electron chi connectivity index (χ2n) is 5.10. The van der Waals surface area contributed by atoms with Crippen LogP contribution in [-0.2, 0) is 0 Å². The monoisotopic (exact) mass is 350 g/mol. The number of allylic oxidation sites excluding steroid dienone is 3. The van der Waals surface area contributed by atoms with Crippen LogP contribution in [0, 0.1) is 5.92 Å². The maximum atomic E-state index is 6.54. The molecular formula is C17H16Cl2N2S. The van der Waals surface area contributed by atoms with Gasteiger partial charge in [0, 0.05) is 23.4 Å². The molecule has 0 amide bonds. The smallest absolute Gasteiger partial charge is 0.126 e. The average molecular weight is 351 g/mol. The van der Waals surface area contributed by atoms with Crippen molar-refractivity contribution in [2.45, 2.75) is 13.3 Å². The first-order chi connectivity index (χ1) is 10.6. The molecule has 1 aliphatic rings. The SMILES string of the molecule is CCC1C=C(Cl)N=C(c2cn(SC)c3ccccc23)C(Cl)=C1. The summed E-state index contributed by atoms with van der Waals surface area (Å²) in [5.74, 6) is 0.218. The van der Waals surface area contributed by atoms with E-state index < -0.39 is 0 Å². The van der Waals surface area contributed by atoms with E-state index in [1.165, 1.54) is 0 Å². The fourth-order valence-electron chi connectivity index (χ4n) is 2.60. The van der Waals surface area contributed by atoms with Gasteiger partial charge >= 0.3 is 0 Å². The van der Waals surface area contributed by atoms with Crippen LogP contribution in [0.2, 0.25) is 0 Å². The maximum Gasteiger partial charge on any atom is 0.126 e. The molecule has 2 nitrogen and oxygen atoms in total. The van der Waals surface area contributed by atoms with Crippen molar-refractivity contribution >= 4 is 51.8 Å². The van der Waals surface area contributed by atoms with Gasteiger partial charge in [-0.3, -0.25) is 3.97 Å². The highest BCUT2D eigenvalue weighted by atomic mass is 35.5. The number of rotatable bonds is 3. The lowest BCUT2D eigenvalue weighted by molar-refractivity contribution is 0.772. The highest BCUT2D eigenvalue weighted by molar-refractivity contribution is 7.97. The van der Waals surface area contributed by atoms with Crippen LogP contribution in [0.3, 0.4) is 0 Å². The largest absolute Gasteiger partial charge is 0.291 e. The third-order valence-electron chi connectivity index (χ3n) is 3.76. The standard InChI is InChI=1S/C17H16Cl2N2S/c1-3-11-8-14(18)17(20-16(19)9-11)13-10-21(22-2)15-7-5-4-6-12(13)15/h4-11H,3H2,1-2H3. The van der Waals surface area contributed by atoms with E-state index in [9.17, 15) is 0 Å². The number of fused-ring (bicyclic) bond motifs is 1. The highest BCUT2D eigenvalue weighted by Gasteiger charge is 2.19. The van der Waals surface area contributed by atoms with Crippen LogP contribution >= 0.6 is 35.1 Å². The Morgan fingerprint density at radius 3 is 2.73 bits per heavy atom. The van der Waals surface area contributed by atoms with Crippen molar-refractivity contribution in [1.29, 1.82) is 0 Å². The predicted molar refractivity (Wildman–Crippen MR) is 99.0 cm³/mol. The fourth-order valence-corrected chi connectivity index (χ4v) is 3.72. The van der Waals surface area contributed by atoms with Crippen LogP contribution in [0.15, 0.2) is 57.8 Å². The first kappa shape index (κ1) is 15.7. The van der Waals surface area contributed by atoms with Crippen LogP contribution in [0.25, 0.3) is 10.9 Å². The minimum Gasteiger partial charge on any atom is -0.291 e. The molecule has 0 radical (unpaired) electrons. The van der Waals surface area contributed by atoms with Crippen LogP contribution in [0.5, 0.6) is 0 Å². The number of hydrogen-bond acceptors (Lipinski definition) is 2. The summed E-state index contributed by atoms with van der Waals surface area (Å²) in [7, 11) is 0. The molecule has 5 heteroatoms. The minimum atomic E-state index is 0.218. The van der Waals surface area contributed by atoms with Gasteiger partial charge in [-0.1, -0.05) is 54.4 Å². The molecule has 114 valence electrons. The van der Waals surface area contributed by atoms with Crippen LogP contribution < -0.4 is 0 Å². The van der Waals surface area contributed by atoms with E-state index in [4.69, 9.17) is 23.2 Å². The molecule has 0 N–H and O–H groups in total. The van der Waals surface area contributed by atoms with Crippen molar-refractivity contribution < 1.29 is 0 Å². The van der Waals surface area contributed by atoms with Crippen molar-refractivity contribution in [3.8, 4) is 0 Å². The van der Waals surface area contributed by atoms with Crippen molar-refractivity contribution in [2.24, 2.45) is 10.9 Å². The number of benzene rings is 1. The fraction of sp³-hybridized carbons (Fsp3) is 0.235. The lowest BCUT2D eigenvalue weighted by Crippen LogP contribution is -2.01. The van der Waals surface area contributed by atoms with Gasteiger partial charge in [-0.15, -0.1) is 0 Å². The molecule has 3 rings (SSSR count). The number of aromatic nitrogens is 1. The van der Waals surface area contributed by atoms with Gasteiger partial charge in [-0.05, 0) is 36.4 Å². The first-order valence-corrected chi connectivity index (χ1v) is 9.06. The summed E-state index contributed by atoms with van der Waals surface area (Å²) in [6.07, 6.45) is 9.04. The molecule has 1 aliphatic heterocycles. The summed E-state index contributed by atoms with van der Waals surface area (Å²) in [6, 6.07) is 8.24. The van der Waals surface area contributed by atoms with Gasteiger partial charge in [0.1, 0.15) is 5.16 Å². The van der Waals surface area contributed by atoms with Crippen LogP contribution in [0.4, 0.5) is 0 Å². The molecule has 0 saturated carbocycles. The number of hydrogen-bond donors (Lipinski definition) is 0. The third-order valence-corrected chi connectivity index (χ3v) is 4.97. The van der Waals surface area contributed by atoms with Gasteiger partial charge in [-0.25, -0.2) is 4.99 Å². The van der Waals surface area contributed by atoms with Gasteiger partial charge in [0.25, 0.3) is 0 Å². The van der Waals surface area contributed by atoms with Crippen molar-refractivity contribution in [3.05, 3.63) is 58.4 Å². The van der Waals surface area contributed by atoms with E-state index in [1.54, 1.807) is 11.9 Å². The van der Waals surface area contributed by atoms with Crippen LogP contribution in [-0.4, -0.2) is 15.9 Å². The Bertz CT molecular complexity index is 802. The number of halogens is 2. The zero-order valence-electron chi connectivity index (χ0n) is 12.4. The van der Waals surface area contributed by atoms with Crippen molar-refractivity contribution in [3.63, 3.8) is 0 Å². The Morgan fingerprint density at radius 2 is 2.00 bits per heavy atom. The number of aliphatic imine (C=N–C) groups is 1. The van der Waals surface area contributed by atoms with Crippen molar-refractivity contribution in [2.75, 3.05) is 6.26 Å². The molecule has 0 spiro atoms. The second kappa shape index (κ2) is 6.53. The molecule has 0 fully saturated rings. The summed E-state index contributed by atoms with van der Waals surface area (Å²) in [6.45, 7) is 2.11. The molecule has 0 saturated heterocycles. The number of nitrogens with zero attached hydrogens (tertiary/aromatic N) is 2. The molecule has 1 unspecified atom stereocenters. The lowest BCUT2D eigenvalue weighted by Gasteiger charge is -2.04. The normalized spacial score (nSPS) is 18.7. The topological polar surface area (TPSA) is 17.3 Å². The Morgan fingerprint density at radius 1 is 1.23 bits per heavy atom. The molecule has 22 heavy (non-hydrogen) atoms. The first-order valence-electron chi connectivity index (χ1n) is 7.12. The molecule has 0 aliphatic carbocycles. The quantitative estimate of drug-likeness (QED) is 0.639. The summed E-state index contributed by atoms with van der Waals surface area (Å²) in [5.41, 5.74) is 2.89. The summed E-state index contributed by atoms with van der Waals surface area (Å²) in [4.78, 5) is 4.54. The van der Waals surface area contributed by atoms with Crippen LogP contribution in [0.1, 0.15) is 18.9 Å². The Balaban J connectivity index is 2.21. The molecule has 1 aromatic heterocycles. The Hall–Kier alpha value is -1.16. The van der Waals surface area contributed by atoms with E-state index in [-0.39, 0.29) is 5.92 Å². The lowest BCUT2D eigenvalue weighted by atomic mass is 10.0. The van der Waals surface area contributed by atoms with E-state index >= 15 is 0 Å². The Kier molecular flexibility index (Phi) is 4.67. The molecular weight excluding hydrogens is 335 g/mol. The zero-order chi connectivity index (χ0) is 15.7. The molecule has 1 aromatic carbocycles. The van der Waals surface area contributed by atoms with E-state index in [1.807, 2.05) is 30.5 Å². The van der Waals surface area contributed by atoms with Gasteiger partial charge in [0.15, 0.2) is 0 Å². The molecule has 2 aromatic rings. The minimum absolute atomic E-state index is 0.218. The maximum absolute atomic E-state index is 6.54. The summed E-state index contributed by atoms with van der Waals surface area (Å²) in [5, 5.41) is 2.28. The molecule has 0 bridgehead atoms. The van der Waals surface area contributed by atoms with E-state index in [2.05, 4.69) is 34.2 Å². The second-order valence-corrected chi connectivity index (χ2v) is 6.66. The van der Waals surface area contributed by atoms with E-state index in [0.29, 0.717) is 10.2 Å². The van der Waals surface area contributed by atoms with Gasteiger partial charge in [0.2, 0.25) is 0 Å². The van der Waals surface area contributed by atoms with Gasteiger partial charge in [0.05, 0.1) is 16.3 Å². The average Bonchev–Trinajstić information content (AvgIpc) is 2.83. The summed E-state index contributed by atoms with van der Waals surface area (Å²) >= 11 is 14.4. The zero-order valence-corrected chi connectivity index (χ0v) is 14.7. The molecule has 1 atom stereocenters. The van der Waals surface area contributed by atoms with E-state index in [0.717, 1.165) is 28.6 Å². The third kappa shape index (κ3) is 2.85. The highest BCUT2D eigenvalue weighted by Crippen LogP contribution is 2.31. The summed E-state index contributed by atoms with van der Waals surface area (Å²) < 4.78 is 2.12.